The molecule has 2 aliphatic heterocycles. The Morgan fingerprint density at radius 1 is 0.718 bits per heavy atom. The van der Waals surface area contributed by atoms with Crippen LogP contribution in [0.5, 0.6) is 0 Å². The van der Waals surface area contributed by atoms with E-state index in [1.54, 1.807) is 0 Å². The highest BCUT2D eigenvalue weighted by atomic mass is 16.3. The molecule has 0 saturated heterocycles. The number of para-hydroxylation sites is 3. The summed E-state index contributed by atoms with van der Waals surface area (Å²) in [6.07, 6.45) is 5.90. The Kier molecular flexibility index (Phi) is 6.13. The van der Waals surface area contributed by atoms with Gasteiger partial charge in [-0.2, -0.15) is 10.2 Å². The van der Waals surface area contributed by atoms with E-state index in [2.05, 4.69) is 124 Å². The first-order chi connectivity index (χ1) is 18.7. The summed E-state index contributed by atoms with van der Waals surface area (Å²) in [5.41, 5.74) is 6.59. The highest BCUT2D eigenvalue weighted by Crippen LogP contribution is 2.41. The molecule has 200 valence electrons. The molecule has 0 aliphatic carbocycles. The second-order valence-electron chi connectivity index (χ2n) is 12.3. The van der Waals surface area contributed by atoms with Crippen molar-refractivity contribution in [3.8, 4) is 0 Å². The van der Waals surface area contributed by atoms with Crippen molar-refractivity contribution in [2.75, 3.05) is 10.0 Å². The van der Waals surface area contributed by atoms with Crippen molar-refractivity contribution < 1.29 is 4.42 Å². The molecule has 2 unspecified atom stereocenters. The van der Waals surface area contributed by atoms with Crippen molar-refractivity contribution in [2.24, 2.45) is 22.0 Å². The van der Waals surface area contributed by atoms with Crippen LogP contribution in [0, 0.1) is 11.8 Å². The summed E-state index contributed by atoms with van der Waals surface area (Å²) in [7, 11) is 0. The van der Waals surface area contributed by atoms with Crippen molar-refractivity contribution in [1.29, 1.82) is 0 Å². The van der Waals surface area contributed by atoms with Gasteiger partial charge in [-0.3, -0.25) is 10.0 Å². The molecular weight excluding hydrogens is 480 g/mol. The molecule has 1 aromatic heterocycles. The van der Waals surface area contributed by atoms with E-state index in [9.17, 15) is 0 Å². The summed E-state index contributed by atoms with van der Waals surface area (Å²) in [5, 5.41) is 15.4. The number of hydrazone groups is 2. The minimum atomic E-state index is -0.108. The highest BCUT2D eigenvalue weighted by Gasteiger charge is 2.39. The lowest BCUT2D eigenvalue weighted by Gasteiger charge is -2.45. The maximum Gasteiger partial charge on any atom is 0.148 e. The molecule has 4 aromatic rings. The van der Waals surface area contributed by atoms with Gasteiger partial charge in [-0.25, -0.2) is 0 Å². The zero-order valence-electron chi connectivity index (χ0n) is 23.8. The van der Waals surface area contributed by atoms with Gasteiger partial charge in [-0.15, -0.1) is 0 Å². The molecule has 0 fully saturated rings. The van der Waals surface area contributed by atoms with Gasteiger partial charge in [0, 0.05) is 10.9 Å². The molecule has 2 atom stereocenters. The normalized spacial score (nSPS) is 22.0. The number of benzene rings is 3. The molecule has 0 amide bonds. The molecular formula is C34H38N4O. The predicted molar refractivity (Wildman–Crippen MR) is 163 cm³/mol. The van der Waals surface area contributed by atoms with E-state index in [0.29, 0.717) is 11.8 Å². The predicted octanol–water partition coefficient (Wildman–Crippen LogP) is 8.06. The van der Waals surface area contributed by atoms with E-state index in [0.717, 1.165) is 35.1 Å². The number of furan rings is 1. The second-order valence-corrected chi connectivity index (χ2v) is 12.3. The van der Waals surface area contributed by atoms with E-state index in [-0.39, 0.29) is 11.1 Å². The number of anilines is 2. The molecule has 5 heteroatoms. The summed E-state index contributed by atoms with van der Waals surface area (Å²) in [4.78, 5) is 0. The SMILES string of the molecule is CC1Cc2ccccc2N(N=Cc2cc3cccc(C=NN4c5ccccc5CC(C)C4(C)C)c3o2)C1(C)C. The molecule has 6 rings (SSSR count). The average Bonchev–Trinajstić information content (AvgIpc) is 3.33. The van der Waals surface area contributed by atoms with Gasteiger partial charge < -0.3 is 4.42 Å². The molecule has 0 bridgehead atoms. The van der Waals surface area contributed by atoms with Crippen LogP contribution in [-0.2, 0) is 12.8 Å². The van der Waals surface area contributed by atoms with Crippen molar-refractivity contribution in [1.82, 2.24) is 0 Å². The van der Waals surface area contributed by atoms with Gasteiger partial charge in [0.1, 0.15) is 11.3 Å². The number of nitrogens with zero attached hydrogens (tertiary/aromatic N) is 4. The van der Waals surface area contributed by atoms with Crippen molar-refractivity contribution in [3.63, 3.8) is 0 Å². The molecule has 0 saturated carbocycles. The van der Waals surface area contributed by atoms with E-state index < -0.39 is 0 Å². The van der Waals surface area contributed by atoms with Gasteiger partial charge in [0.25, 0.3) is 0 Å². The maximum atomic E-state index is 6.37. The van der Waals surface area contributed by atoms with Crippen LogP contribution in [0.3, 0.4) is 0 Å². The standard InChI is InChI=1S/C34H38N4O/c1-23-18-25-12-7-9-16-30(25)37(33(23,3)4)35-21-28-15-11-14-27-20-29(39-32(27)28)22-36-38-31-17-10-8-13-26(31)19-24(2)34(38,5)6/h7-17,20-24H,18-19H2,1-6H3. The van der Waals surface area contributed by atoms with Gasteiger partial charge in [0.15, 0.2) is 0 Å². The fraction of sp³-hybridized carbons (Fsp3) is 0.353. The van der Waals surface area contributed by atoms with Crippen LogP contribution >= 0.6 is 0 Å². The third-order valence-electron chi connectivity index (χ3n) is 9.20. The maximum absolute atomic E-state index is 6.37. The summed E-state index contributed by atoms with van der Waals surface area (Å²) < 4.78 is 6.37. The molecule has 5 nitrogen and oxygen atoms in total. The van der Waals surface area contributed by atoms with Crippen molar-refractivity contribution in [3.05, 3.63) is 95.2 Å². The highest BCUT2D eigenvalue weighted by molar-refractivity contribution is 5.99. The van der Waals surface area contributed by atoms with Gasteiger partial charge in [-0.05, 0) is 87.8 Å². The van der Waals surface area contributed by atoms with Crippen LogP contribution in [0.25, 0.3) is 11.0 Å². The molecule has 39 heavy (non-hydrogen) atoms. The third-order valence-corrected chi connectivity index (χ3v) is 9.20. The van der Waals surface area contributed by atoms with Crippen LogP contribution in [0.2, 0.25) is 0 Å². The number of rotatable bonds is 4. The topological polar surface area (TPSA) is 44.3 Å². The molecule has 0 spiro atoms. The lowest BCUT2D eigenvalue weighted by Crippen LogP contribution is -2.50. The minimum absolute atomic E-state index is 0.103. The Balaban J connectivity index is 1.33. The van der Waals surface area contributed by atoms with E-state index >= 15 is 0 Å². The third kappa shape index (κ3) is 4.34. The zero-order valence-corrected chi connectivity index (χ0v) is 23.8. The lowest BCUT2D eigenvalue weighted by atomic mass is 9.79. The van der Waals surface area contributed by atoms with Crippen molar-refractivity contribution >= 4 is 34.8 Å². The largest absolute Gasteiger partial charge is 0.454 e. The Morgan fingerprint density at radius 3 is 1.85 bits per heavy atom. The minimum Gasteiger partial charge on any atom is -0.454 e. The lowest BCUT2D eigenvalue weighted by molar-refractivity contribution is 0.304. The fourth-order valence-electron chi connectivity index (χ4n) is 5.91. The Bertz CT molecular complexity index is 1580. The zero-order chi connectivity index (χ0) is 27.4. The summed E-state index contributed by atoms with van der Waals surface area (Å²) >= 11 is 0. The van der Waals surface area contributed by atoms with Crippen LogP contribution in [0.4, 0.5) is 11.4 Å². The smallest absolute Gasteiger partial charge is 0.148 e. The van der Waals surface area contributed by atoms with Gasteiger partial charge in [0.05, 0.1) is 34.9 Å². The van der Waals surface area contributed by atoms with Crippen LogP contribution < -0.4 is 10.0 Å². The molecule has 3 heterocycles. The van der Waals surface area contributed by atoms with Crippen LogP contribution in [0.15, 0.2) is 87.4 Å². The number of hydrogen-bond acceptors (Lipinski definition) is 5. The number of fused-ring (bicyclic) bond motifs is 3. The van der Waals surface area contributed by atoms with Crippen molar-refractivity contribution in [2.45, 2.75) is 65.5 Å². The monoisotopic (exact) mass is 518 g/mol. The first-order valence-corrected chi connectivity index (χ1v) is 14.0. The van der Waals surface area contributed by atoms with Gasteiger partial charge in [0.2, 0.25) is 0 Å². The quantitative estimate of drug-likeness (QED) is 0.257. The van der Waals surface area contributed by atoms with Crippen LogP contribution in [0.1, 0.15) is 64.0 Å². The molecule has 2 aliphatic rings. The van der Waals surface area contributed by atoms with Crippen LogP contribution in [-0.4, -0.2) is 23.5 Å². The summed E-state index contributed by atoms with van der Waals surface area (Å²) in [6, 6.07) is 25.4. The van der Waals surface area contributed by atoms with E-state index in [4.69, 9.17) is 14.6 Å². The summed E-state index contributed by atoms with van der Waals surface area (Å²) in [5.74, 6) is 1.67. The summed E-state index contributed by atoms with van der Waals surface area (Å²) in [6.45, 7) is 13.7. The Morgan fingerprint density at radius 2 is 1.26 bits per heavy atom. The molecule has 3 aromatic carbocycles. The second kappa shape index (κ2) is 9.41. The van der Waals surface area contributed by atoms with E-state index in [1.807, 2.05) is 12.4 Å². The molecule has 0 radical (unpaired) electrons. The Hall–Kier alpha value is -3.86. The first kappa shape index (κ1) is 25.4. The van der Waals surface area contributed by atoms with Gasteiger partial charge >= 0.3 is 0 Å². The van der Waals surface area contributed by atoms with Gasteiger partial charge in [-0.1, -0.05) is 62.4 Å². The number of hydrogen-bond donors (Lipinski definition) is 0. The fourth-order valence-corrected chi connectivity index (χ4v) is 5.91. The average molecular weight is 519 g/mol. The molecule has 0 N–H and O–H groups in total. The van der Waals surface area contributed by atoms with E-state index in [1.165, 1.54) is 22.5 Å². The Labute approximate surface area is 231 Å². The first-order valence-electron chi connectivity index (χ1n) is 14.0.